The van der Waals surface area contributed by atoms with Crippen molar-refractivity contribution in [1.82, 2.24) is 0 Å². The summed E-state index contributed by atoms with van der Waals surface area (Å²) in [5.41, 5.74) is 1.39. The van der Waals surface area contributed by atoms with Crippen LogP contribution in [0.3, 0.4) is 0 Å². The van der Waals surface area contributed by atoms with Crippen LogP contribution in [0.15, 0.2) is 24.3 Å². The van der Waals surface area contributed by atoms with Gasteiger partial charge in [-0.25, -0.2) is 0 Å². The number of carbonyl (C=O) groups is 1. The molecule has 0 aromatic heterocycles. The summed E-state index contributed by atoms with van der Waals surface area (Å²) in [4.78, 5) is 12.0. The molecule has 1 rings (SSSR count). The maximum atomic E-state index is 12.0. The third kappa shape index (κ3) is 16.7. The maximum absolute atomic E-state index is 12.0. The Bertz CT molecular complexity index is 610. The van der Waals surface area contributed by atoms with Crippen LogP contribution in [-0.2, 0) is 9.53 Å². The molecule has 0 aliphatic heterocycles. The van der Waals surface area contributed by atoms with Crippen molar-refractivity contribution in [2.75, 3.05) is 6.61 Å². The first-order chi connectivity index (χ1) is 17.1. The van der Waals surface area contributed by atoms with Crippen molar-refractivity contribution in [3.05, 3.63) is 29.8 Å². The highest BCUT2D eigenvalue weighted by molar-refractivity contribution is 5.69. The van der Waals surface area contributed by atoms with Crippen molar-refractivity contribution < 1.29 is 14.6 Å². The molecule has 1 N–H and O–H groups in total. The minimum absolute atomic E-state index is 0.00212. The molecule has 0 bridgehead atoms. The molecule has 35 heavy (non-hydrogen) atoms. The molecular formula is C32H56O3. The zero-order valence-electron chi connectivity index (χ0n) is 23.4. The molecule has 0 spiro atoms. The van der Waals surface area contributed by atoms with Gasteiger partial charge in [-0.15, -0.1) is 0 Å². The topological polar surface area (TPSA) is 46.5 Å². The quantitative estimate of drug-likeness (QED) is 0.123. The summed E-state index contributed by atoms with van der Waals surface area (Å²) in [6.07, 6.45) is 23.1. The van der Waals surface area contributed by atoms with Crippen LogP contribution >= 0.6 is 0 Å². The van der Waals surface area contributed by atoms with Crippen LogP contribution in [0.5, 0.6) is 5.75 Å². The summed E-state index contributed by atoms with van der Waals surface area (Å²) < 4.78 is 5.50. The minimum atomic E-state index is 0.00212. The SMILES string of the molecule is CCCCC(CC)COC(=O)CCCCCCCCCCCCC(CCCC)c1ccc(O)cc1. The van der Waals surface area contributed by atoms with Crippen LogP contribution in [0.2, 0.25) is 0 Å². The van der Waals surface area contributed by atoms with Crippen molar-refractivity contribution >= 4 is 5.97 Å². The molecule has 0 aliphatic carbocycles. The fourth-order valence-electron chi connectivity index (χ4n) is 4.93. The van der Waals surface area contributed by atoms with Crippen LogP contribution in [0.1, 0.15) is 154 Å². The van der Waals surface area contributed by atoms with Crippen molar-refractivity contribution in [1.29, 1.82) is 0 Å². The first kappa shape index (κ1) is 31.5. The van der Waals surface area contributed by atoms with Crippen LogP contribution in [0.25, 0.3) is 0 Å². The minimum Gasteiger partial charge on any atom is -0.508 e. The lowest BCUT2D eigenvalue weighted by atomic mass is 9.88. The number of phenols is 1. The van der Waals surface area contributed by atoms with Gasteiger partial charge in [-0.1, -0.05) is 123 Å². The zero-order chi connectivity index (χ0) is 25.6. The van der Waals surface area contributed by atoms with Crippen molar-refractivity contribution in [2.45, 2.75) is 149 Å². The first-order valence-electron chi connectivity index (χ1n) is 15.0. The Morgan fingerprint density at radius 2 is 1.23 bits per heavy atom. The van der Waals surface area contributed by atoms with E-state index in [-0.39, 0.29) is 5.97 Å². The Morgan fingerprint density at radius 1 is 0.714 bits per heavy atom. The lowest BCUT2D eigenvalue weighted by Gasteiger charge is -2.17. The van der Waals surface area contributed by atoms with Crippen molar-refractivity contribution in [3.63, 3.8) is 0 Å². The summed E-state index contributed by atoms with van der Waals surface area (Å²) in [5.74, 6) is 1.55. The number of hydrogen-bond donors (Lipinski definition) is 1. The molecule has 0 radical (unpaired) electrons. The second-order valence-corrected chi connectivity index (χ2v) is 10.6. The molecule has 202 valence electrons. The Kier molecular flexibility index (Phi) is 19.6. The van der Waals surface area contributed by atoms with E-state index in [9.17, 15) is 9.90 Å². The van der Waals surface area contributed by atoms with Gasteiger partial charge in [0.15, 0.2) is 0 Å². The fraction of sp³-hybridized carbons (Fsp3) is 0.781. The predicted molar refractivity (Wildman–Crippen MR) is 150 cm³/mol. The predicted octanol–water partition coefficient (Wildman–Crippen LogP) is 10.1. The highest BCUT2D eigenvalue weighted by atomic mass is 16.5. The number of unbranched alkanes of at least 4 members (excludes halogenated alkanes) is 11. The largest absolute Gasteiger partial charge is 0.508 e. The molecule has 0 aliphatic rings. The molecule has 0 saturated carbocycles. The normalized spacial score (nSPS) is 13.0. The number of esters is 1. The fourth-order valence-corrected chi connectivity index (χ4v) is 4.93. The molecule has 1 aromatic carbocycles. The van der Waals surface area contributed by atoms with Gasteiger partial charge in [0.2, 0.25) is 0 Å². The molecule has 0 amide bonds. The molecule has 3 nitrogen and oxygen atoms in total. The molecule has 2 atom stereocenters. The van der Waals surface area contributed by atoms with Crippen LogP contribution in [0, 0.1) is 5.92 Å². The Labute approximate surface area is 217 Å². The van der Waals surface area contributed by atoms with Crippen molar-refractivity contribution in [3.8, 4) is 5.75 Å². The van der Waals surface area contributed by atoms with E-state index in [1.165, 1.54) is 102 Å². The van der Waals surface area contributed by atoms with E-state index in [0.717, 1.165) is 19.3 Å². The highest BCUT2D eigenvalue weighted by Gasteiger charge is 2.11. The van der Waals surface area contributed by atoms with E-state index in [1.807, 2.05) is 12.1 Å². The summed E-state index contributed by atoms with van der Waals surface area (Å²) in [5, 5.41) is 9.56. The number of benzene rings is 1. The van der Waals surface area contributed by atoms with Gasteiger partial charge in [0, 0.05) is 6.42 Å². The van der Waals surface area contributed by atoms with E-state index in [4.69, 9.17) is 4.74 Å². The zero-order valence-corrected chi connectivity index (χ0v) is 23.4. The van der Waals surface area contributed by atoms with Crippen LogP contribution in [-0.4, -0.2) is 17.7 Å². The van der Waals surface area contributed by atoms with Gasteiger partial charge in [-0.3, -0.25) is 4.79 Å². The Morgan fingerprint density at radius 3 is 1.80 bits per heavy atom. The third-order valence-electron chi connectivity index (χ3n) is 7.48. The van der Waals surface area contributed by atoms with E-state index >= 15 is 0 Å². The summed E-state index contributed by atoms with van der Waals surface area (Å²) in [6.45, 7) is 7.29. The average Bonchev–Trinajstić information content (AvgIpc) is 2.87. The number of hydrogen-bond acceptors (Lipinski definition) is 3. The number of ether oxygens (including phenoxy) is 1. The summed E-state index contributed by atoms with van der Waals surface area (Å²) >= 11 is 0. The van der Waals surface area contributed by atoms with Gasteiger partial charge < -0.3 is 9.84 Å². The molecule has 2 unspecified atom stereocenters. The molecule has 0 fully saturated rings. The van der Waals surface area contributed by atoms with E-state index in [2.05, 4.69) is 32.9 Å². The number of carbonyl (C=O) groups excluding carboxylic acids is 1. The summed E-state index contributed by atoms with van der Waals surface area (Å²) in [7, 11) is 0. The van der Waals surface area contributed by atoms with Gasteiger partial charge in [0.1, 0.15) is 5.75 Å². The first-order valence-corrected chi connectivity index (χ1v) is 15.0. The molecule has 1 aromatic rings. The van der Waals surface area contributed by atoms with E-state index in [1.54, 1.807) is 0 Å². The van der Waals surface area contributed by atoms with Gasteiger partial charge in [-0.2, -0.15) is 0 Å². The Hall–Kier alpha value is -1.51. The molecule has 0 heterocycles. The Balaban J connectivity index is 1.98. The van der Waals surface area contributed by atoms with Gasteiger partial charge in [0.05, 0.1) is 6.61 Å². The lowest BCUT2D eigenvalue weighted by Crippen LogP contribution is -2.13. The molecular weight excluding hydrogens is 432 g/mol. The smallest absolute Gasteiger partial charge is 0.305 e. The number of aromatic hydroxyl groups is 1. The summed E-state index contributed by atoms with van der Waals surface area (Å²) in [6, 6.07) is 7.87. The number of phenolic OH excluding ortho intramolecular Hbond substituents is 1. The second-order valence-electron chi connectivity index (χ2n) is 10.6. The molecule has 3 heteroatoms. The number of rotatable bonds is 23. The van der Waals surface area contributed by atoms with E-state index < -0.39 is 0 Å². The highest BCUT2D eigenvalue weighted by Crippen LogP contribution is 2.29. The van der Waals surface area contributed by atoms with Gasteiger partial charge in [-0.05, 0) is 55.2 Å². The monoisotopic (exact) mass is 488 g/mol. The maximum Gasteiger partial charge on any atom is 0.305 e. The van der Waals surface area contributed by atoms with Gasteiger partial charge in [0.25, 0.3) is 0 Å². The van der Waals surface area contributed by atoms with Gasteiger partial charge >= 0.3 is 5.97 Å². The lowest BCUT2D eigenvalue weighted by molar-refractivity contribution is -0.145. The van der Waals surface area contributed by atoms with E-state index in [0.29, 0.717) is 30.6 Å². The van der Waals surface area contributed by atoms with Crippen LogP contribution < -0.4 is 0 Å². The van der Waals surface area contributed by atoms with Crippen molar-refractivity contribution in [2.24, 2.45) is 5.92 Å². The van der Waals surface area contributed by atoms with Crippen LogP contribution in [0.4, 0.5) is 0 Å². The average molecular weight is 489 g/mol. The second kappa shape index (κ2) is 21.7. The third-order valence-corrected chi connectivity index (χ3v) is 7.48. The molecule has 0 saturated heterocycles. The standard InChI is InChI=1S/C32H56O3/c1-4-7-19-28(6-3)27-35-32(34)22-18-16-14-12-10-9-11-13-15-17-21-29(20-8-5-2)30-23-25-31(33)26-24-30/h23-26,28-29,33H,4-22,27H2,1-3H3.